The van der Waals surface area contributed by atoms with Crippen LogP contribution in [0.4, 0.5) is 4.39 Å². The monoisotopic (exact) mass is 128 g/mol. The molecule has 0 unspecified atom stereocenters. The molecular formula is C6H9FN2. The van der Waals surface area contributed by atoms with Crippen LogP contribution < -0.4 is 5.73 Å². The number of aromatic nitrogens is 1. The van der Waals surface area contributed by atoms with Gasteiger partial charge in [0.25, 0.3) is 0 Å². The summed E-state index contributed by atoms with van der Waals surface area (Å²) in [5.41, 5.74) is 6.08. The zero-order chi connectivity index (χ0) is 6.69. The largest absolute Gasteiger partial charge is 0.364 e. The molecule has 1 heterocycles. The Kier molecular flexibility index (Phi) is 1.85. The molecule has 0 aromatic carbocycles. The van der Waals surface area contributed by atoms with Crippen molar-refractivity contribution in [2.45, 2.75) is 6.04 Å². The van der Waals surface area contributed by atoms with Crippen LogP contribution in [0.25, 0.3) is 0 Å². The highest BCUT2D eigenvalue weighted by atomic mass is 19.1. The lowest BCUT2D eigenvalue weighted by atomic mass is 10.2. The molecule has 2 nitrogen and oxygen atoms in total. The molecule has 1 aromatic heterocycles. The highest BCUT2D eigenvalue weighted by Crippen LogP contribution is 2.05. The molecular weight excluding hydrogens is 119 g/mol. The van der Waals surface area contributed by atoms with Crippen molar-refractivity contribution in [2.75, 3.05) is 6.67 Å². The second kappa shape index (κ2) is 2.64. The highest BCUT2D eigenvalue weighted by molar-refractivity contribution is 5.07. The Bertz CT molecular complexity index is 160. The third-order valence-corrected chi connectivity index (χ3v) is 1.19. The summed E-state index contributed by atoms with van der Waals surface area (Å²) in [6.07, 6.45) is 1.73. The standard InChI is InChI=1S/C6H9FN2/c7-4-5(8)6-2-1-3-9-6/h1-3,5,9H,4,8H2/t5-/m1/s1. The van der Waals surface area contributed by atoms with E-state index in [1.54, 1.807) is 18.3 Å². The van der Waals surface area contributed by atoms with Gasteiger partial charge in [0, 0.05) is 11.9 Å². The summed E-state index contributed by atoms with van der Waals surface area (Å²) >= 11 is 0. The van der Waals surface area contributed by atoms with Crippen LogP contribution >= 0.6 is 0 Å². The van der Waals surface area contributed by atoms with Gasteiger partial charge in [0.15, 0.2) is 0 Å². The molecule has 9 heavy (non-hydrogen) atoms. The molecule has 0 saturated heterocycles. The third kappa shape index (κ3) is 1.29. The van der Waals surface area contributed by atoms with Crippen molar-refractivity contribution in [3.8, 4) is 0 Å². The summed E-state index contributed by atoms with van der Waals surface area (Å²) in [5.74, 6) is 0. The first-order chi connectivity index (χ1) is 4.34. The molecule has 3 heteroatoms. The summed E-state index contributed by atoms with van der Waals surface area (Å²) in [6, 6.07) is 3.08. The van der Waals surface area contributed by atoms with Crippen LogP contribution in [0, 0.1) is 0 Å². The fourth-order valence-electron chi connectivity index (χ4n) is 0.658. The summed E-state index contributed by atoms with van der Waals surface area (Å²) in [7, 11) is 0. The fourth-order valence-corrected chi connectivity index (χ4v) is 0.658. The number of hydrogen-bond acceptors (Lipinski definition) is 1. The zero-order valence-electron chi connectivity index (χ0n) is 4.97. The molecule has 0 aliphatic carbocycles. The lowest BCUT2D eigenvalue weighted by Crippen LogP contribution is -2.12. The first kappa shape index (κ1) is 6.29. The van der Waals surface area contributed by atoms with Crippen molar-refractivity contribution in [3.05, 3.63) is 24.0 Å². The molecule has 0 aliphatic rings. The number of hydrogen-bond donors (Lipinski definition) is 2. The minimum absolute atomic E-state index is 0.486. The van der Waals surface area contributed by atoms with Crippen molar-refractivity contribution >= 4 is 0 Å². The van der Waals surface area contributed by atoms with Crippen LogP contribution in [0.2, 0.25) is 0 Å². The molecule has 50 valence electrons. The van der Waals surface area contributed by atoms with Gasteiger partial charge in [-0.3, -0.25) is 0 Å². The summed E-state index contributed by atoms with van der Waals surface area (Å²) in [4.78, 5) is 2.82. The van der Waals surface area contributed by atoms with Gasteiger partial charge in [-0.2, -0.15) is 0 Å². The Morgan fingerprint density at radius 2 is 2.56 bits per heavy atom. The van der Waals surface area contributed by atoms with E-state index in [0.717, 1.165) is 5.69 Å². The third-order valence-electron chi connectivity index (χ3n) is 1.19. The molecule has 0 radical (unpaired) electrons. The predicted molar refractivity (Wildman–Crippen MR) is 33.7 cm³/mol. The summed E-state index contributed by atoms with van der Waals surface area (Å²) in [6.45, 7) is -0.513. The first-order valence-corrected chi connectivity index (χ1v) is 2.79. The van der Waals surface area contributed by atoms with Crippen molar-refractivity contribution in [3.63, 3.8) is 0 Å². The number of H-pyrrole nitrogens is 1. The molecule has 1 rings (SSSR count). The Labute approximate surface area is 52.9 Å². The van der Waals surface area contributed by atoms with E-state index in [9.17, 15) is 4.39 Å². The molecule has 0 aliphatic heterocycles. The normalized spacial score (nSPS) is 13.6. The van der Waals surface area contributed by atoms with Crippen LogP contribution in [-0.4, -0.2) is 11.7 Å². The topological polar surface area (TPSA) is 41.8 Å². The zero-order valence-corrected chi connectivity index (χ0v) is 4.97. The number of halogens is 1. The number of nitrogens with two attached hydrogens (primary N) is 1. The molecule has 0 spiro atoms. The maximum Gasteiger partial charge on any atom is 0.110 e. The Balaban J connectivity index is 2.65. The molecule has 0 saturated carbocycles. The van der Waals surface area contributed by atoms with E-state index in [2.05, 4.69) is 4.98 Å². The van der Waals surface area contributed by atoms with Gasteiger partial charge in [0.05, 0.1) is 6.04 Å². The van der Waals surface area contributed by atoms with Gasteiger partial charge in [-0.15, -0.1) is 0 Å². The van der Waals surface area contributed by atoms with E-state index in [0.29, 0.717) is 0 Å². The Hall–Kier alpha value is -0.830. The summed E-state index contributed by atoms with van der Waals surface area (Å²) < 4.78 is 11.8. The minimum atomic E-state index is -0.513. The van der Waals surface area contributed by atoms with Gasteiger partial charge in [0.2, 0.25) is 0 Å². The molecule has 0 fully saturated rings. The first-order valence-electron chi connectivity index (χ1n) is 2.79. The van der Waals surface area contributed by atoms with E-state index in [1.165, 1.54) is 0 Å². The lowest BCUT2D eigenvalue weighted by Gasteiger charge is -2.01. The maximum absolute atomic E-state index is 11.8. The van der Waals surface area contributed by atoms with Gasteiger partial charge >= 0.3 is 0 Å². The van der Waals surface area contributed by atoms with Crippen molar-refractivity contribution in [2.24, 2.45) is 5.73 Å². The highest BCUT2D eigenvalue weighted by Gasteiger charge is 2.03. The van der Waals surface area contributed by atoms with E-state index < -0.39 is 12.7 Å². The van der Waals surface area contributed by atoms with E-state index in [4.69, 9.17) is 5.73 Å². The number of aromatic amines is 1. The number of nitrogens with one attached hydrogen (secondary N) is 1. The molecule has 0 amide bonds. The van der Waals surface area contributed by atoms with Crippen molar-refractivity contribution in [1.82, 2.24) is 4.98 Å². The lowest BCUT2D eigenvalue weighted by molar-refractivity contribution is 0.433. The molecule has 1 atom stereocenters. The maximum atomic E-state index is 11.8. The Morgan fingerprint density at radius 1 is 1.78 bits per heavy atom. The predicted octanol–water partition coefficient (Wildman–Crippen LogP) is 0.984. The summed E-state index contributed by atoms with van der Waals surface area (Å²) in [5, 5.41) is 0. The molecule has 1 aromatic rings. The average molecular weight is 128 g/mol. The smallest absolute Gasteiger partial charge is 0.110 e. The second-order valence-corrected chi connectivity index (χ2v) is 1.89. The van der Waals surface area contributed by atoms with Crippen LogP contribution in [0.3, 0.4) is 0 Å². The van der Waals surface area contributed by atoms with Gasteiger partial charge in [-0.05, 0) is 12.1 Å². The fraction of sp³-hybridized carbons (Fsp3) is 0.333. The second-order valence-electron chi connectivity index (χ2n) is 1.89. The number of alkyl halides is 1. The molecule has 3 N–H and O–H groups in total. The van der Waals surface area contributed by atoms with E-state index >= 15 is 0 Å². The minimum Gasteiger partial charge on any atom is -0.364 e. The van der Waals surface area contributed by atoms with Gasteiger partial charge in [0.1, 0.15) is 6.67 Å². The molecule has 0 bridgehead atoms. The SMILES string of the molecule is N[C@H](CF)c1ccc[nH]1. The quantitative estimate of drug-likeness (QED) is 0.612. The van der Waals surface area contributed by atoms with E-state index in [1.807, 2.05) is 0 Å². The average Bonchev–Trinajstić information content (AvgIpc) is 2.37. The van der Waals surface area contributed by atoms with Crippen LogP contribution in [0.15, 0.2) is 18.3 Å². The van der Waals surface area contributed by atoms with Crippen LogP contribution in [0.1, 0.15) is 11.7 Å². The van der Waals surface area contributed by atoms with Crippen LogP contribution in [0.5, 0.6) is 0 Å². The van der Waals surface area contributed by atoms with E-state index in [-0.39, 0.29) is 0 Å². The van der Waals surface area contributed by atoms with Crippen molar-refractivity contribution < 1.29 is 4.39 Å². The van der Waals surface area contributed by atoms with Gasteiger partial charge in [-0.25, -0.2) is 4.39 Å². The van der Waals surface area contributed by atoms with Gasteiger partial charge < -0.3 is 10.7 Å². The number of rotatable bonds is 2. The van der Waals surface area contributed by atoms with Crippen LogP contribution in [-0.2, 0) is 0 Å². The van der Waals surface area contributed by atoms with Crippen molar-refractivity contribution in [1.29, 1.82) is 0 Å². The van der Waals surface area contributed by atoms with Gasteiger partial charge in [-0.1, -0.05) is 0 Å². The Morgan fingerprint density at radius 3 is 3.00 bits per heavy atom.